The standard InChI is InChI=1S/C53H66/c1-5-53(31-47(38-9-7-6-8-10-38)46-23-41(24-48(46)53)50(2,3)4)49-42-13-11-39(51-25-32-15-33(26-51)17-34(16-32)27-51)21-44(42)45-22-40(12-14-43(45)49)52-28-35-18-36(29-52)20-37(19-35)30-52/h6-7,11-14,21-22,24,32-38,47,49H,5,8-10,15-20,23,25-31H2,1-4H3. The van der Waals surface area contributed by atoms with Crippen LogP contribution in [-0.4, -0.2) is 0 Å². The summed E-state index contributed by atoms with van der Waals surface area (Å²) in [5, 5.41) is 0. The summed E-state index contributed by atoms with van der Waals surface area (Å²) < 4.78 is 0. The van der Waals surface area contributed by atoms with E-state index in [1.807, 2.05) is 5.57 Å². The zero-order valence-corrected chi connectivity index (χ0v) is 33.6. The number of hydrogen-bond donors (Lipinski definition) is 0. The summed E-state index contributed by atoms with van der Waals surface area (Å²) in [5.74, 6) is 7.94. The van der Waals surface area contributed by atoms with Crippen molar-refractivity contribution in [1.29, 1.82) is 0 Å². The maximum atomic E-state index is 2.85. The third-order valence-electron chi connectivity index (χ3n) is 19.0. The first-order valence-electron chi connectivity index (χ1n) is 23.0. The lowest BCUT2D eigenvalue weighted by Gasteiger charge is -2.57. The molecule has 0 nitrogen and oxygen atoms in total. The fraction of sp³-hybridized carbons (Fsp3) is 0.660. The molecule has 0 N–H and O–H groups in total. The molecule has 3 unspecified atom stereocenters. The molecule has 0 spiro atoms. The van der Waals surface area contributed by atoms with Crippen LogP contribution in [0, 0.1) is 58.2 Å². The first kappa shape index (κ1) is 32.9. The van der Waals surface area contributed by atoms with Gasteiger partial charge in [0.05, 0.1) is 0 Å². The second-order valence-corrected chi connectivity index (χ2v) is 22.8. The van der Waals surface area contributed by atoms with Crippen LogP contribution < -0.4 is 0 Å². The third-order valence-corrected chi connectivity index (χ3v) is 19.0. The Morgan fingerprint density at radius 3 is 1.58 bits per heavy atom. The molecular weight excluding hydrogens is 637 g/mol. The summed E-state index contributed by atoms with van der Waals surface area (Å²) >= 11 is 0. The highest BCUT2D eigenvalue weighted by atomic mass is 14.6. The molecule has 12 aliphatic carbocycles. The SMILES string of the molecule is CCC1(C2c3ccc(C45CC6CC(CC(C6)C4)C5)cc3-c3cc(C45CC6CC(CC(C6)C4)C5)ccc32)CC(C2CC=CCC2)C2=C1C=C(C(C)(C)C)C2. The van der Waals surface area contributed by atoms with Crippen LogP contribution in [0.5, 0.6) is 0 Å². The second-order valence-electron chi connectivity index (χ2n) is 22.8. The summed E-state index contributed by atoms with van der Waals surface area (Å²) in [5.41, 5.74) is 16.9. The van der Waals surface area contributed by atoms with Crippen molar-refractivity contribution in [2.75, 3.05) is 0 Å². The maximum absolute atomic E-state index is 2.85. The molecule has 0 amide bonds. The van der Waals surface area contributed by atoms with Gasteiger partial charge in [-0.05, 0) is 218 Å². The Morgan fingerprint density at radius 1 is 0.642 bits per heavy atom. The lowest BCUT2D eigenvalue weighted by molar-refractivity contribution is -0.00534. The molecule has 0 saturated heterocycles. The minimum Gasteiger partial charge on any atom is -0.0885 e. The van der Waals surface area contributed by atoms with Crippen LogP contribution in [0.25, 0.3) is 11.1 Å². The molecule has 278 valence electrons. The Kier molecular flexibility index (Phi) is 6.92. The predicted molar refractivity (Wildman–Crippen MR) is 220 cm³/mol. The van der Waals surface area contributed by atoms with E-state index in [0.717, 1.165) is 47.3 Å². The average molecular weight is 703 g/mol. The van der Waals surface area contributed by atoms with Crippen LogP contribution in [0.4, 0.5) is 0 Å². The quantitative estimate of drug-likeness (QED) is 0.272. The van der Waals surface area contributed by atoms with Crippen LogP contribution in [0.2, 0.25) is 0 Å². The van der Waals surface area contributed by atoms with Gasteiger partial charge in [0.25, 0.3) is 0 Å². The minimum absolute atomic E-state index is 0.179. The summed E-state index contributed by atoms with van der Waals surface area (Å²) in [6.45, 7) is 10.0. The number of benzene rings is 2. The Bertz CT molecular complexity index is 1800. The van der Waals surface area contributed by atoms with Crippen molar-refractivity contribution in [3.8, 4) is 11.1 Å². The van der Waals surface area contributed by atoms with Crippen molar-refractivity contribution in [2.24, 2.45) is 58.2 Å². The fourth-order valence-corrected chi connectivity index (χ4v) is 17.4. The number of rotatable bonds is 5. The zero-order chi connectivity index (χ0) is 35.5. The van der Waals surface area contributed by atoms with Gasteiger partial charge in [0.1, 0.15) is 0 Å². The van der Waals surface area contributed by atoms with E-state index in [4.69, 9.17) is 0 Å². The lowest BCUT2D eigenvalue weighted by Crippen LogP contribution is -2.48. The Morgan fingerprint density at radius 2 is 1.15 bits per heavy atom. The van der Waals surface area contributed by atoms with Crippen molar-refractivity contribution in [1.82, 2.24) is 0 Å². The third kappa shape index (κ3) is 4.66. The van der Waals surface area contributed by atoms with Crippen LogP contribution in [0.1, 0.15) is 171 Å². The number of hydrogen-bond acceptors (Lipinski definition) is 0. The molecule has 0 aliphatic heterocycles. The smallest absolute Gasteiger partial charge is 0.0199 e. The molecule has 14 rings (SSSR count). The summed E-state index contributed by atoms with van der Waals surface area (Å²) in [7, 11) is 0. The first-order chi connectivity index (χ1) is 25.6. The van der Waals surface area contributed by atoms with Crippen molar-refractivity contribution < 1.29 is 0 Å². The van der Waals surface area contributed by atoms with E-state index < -0.39 is 0 Å². The first-order valence-corrected chi connectivity index (χ1v) is 23.0. The van der Waals surface area contributed by atoms with Crippen molar-refractivity contribution in [3.63, 3.8) is 0 Å². The van der Waals surface area contributed by atoms with Gasteiger partial charge in [-0.2, -0.15) is 0 Å². The number of allylic oxidation sites excluding steroid dienone is 6. The predicted octanol–water partition coefficient (Wildman–Crippen LogP) is 14.2. The number of fused-ring (bicyclic) bond motifs is 3. The van der Waals surface area contributed by atoms with Gasteiger partial charge in [-0.1, -0.05) is 93.5 Å². The Hall–Kier alpha value is -2.34. The topological polar surface area (TPSA) is 0 Å². The molecular formula is C53H66. The summed E-state index contributed by atoms with van der Waals surface area (Å²) in [6.07, 6.45) is 33.5. The summed E-state index contributed by atoms with van der Waals surface area (Å²) in [6, 6.07) is 16.6. The molecule has 2 aromatic rings. The Labute approximate surface area is 321 Å². The molecule has 0 radical (unpaired) electrons. The molecule has 0 heteroatoms. The fourth-order valence-electron chi connectivity index (χ4n) is 17.4. The molecule has 0 heterocycles. The highest BCUT2D eigenvalue weighted by molar-refractivity contribution is 5.82. The molecule has 2 aromatic carbocycles. The maximum Gasteiger partial charge on any atom is 0.0199 e. The van der Waals surface area contributed by atoms with Gasteiger partial charge < -0.3 is 0 Å². The molecule has 53 heavy (non-hydrogen) atoms. The van der Waals surface area contributed by atoms with E-state index in [1.165, 1.54) is 116 Å². The van der Waals surface area contributed by atoms with Gasteiger partial charge in [0.15, 0.2) is 0 Å². The lowest BCUT2D eigenvalue weighted by atomic mass is 9.48. The van der Waals surface area contributed by atoms with Crippen LogP contribution >= 0.6 is 0 Å². The molecule has 8 fully saturated rings. The van der Waals surface area contributed by atoms with Crippen LogP contribution in [0.15, 0.2) is 71.3 Å². The van der Waals surface area contributed by atoms with Gasteiger partial charge in [-0.25, -0.2) is 0 Å². The molecule has 12 aliphatic rings. The normalized spacial score (nSPS) is 44.2. The summed E-state index contributed by atoms with van der Waals surface area (Å²) in [4.78, 5) is 0. The highest BCUT2D eigenvalue weighted by Gasteiger charge is 2.57. The van der Waals surface area contributed by atoms with Crippen molar-refractivity contribution >= 4 is 0 Å². The average Bonchev–Trinajstić information content (AvgIpc) is 3.81. The minimum atomic E-state index is 0.179. The van der Waals surface area contributed by atoms with Crippen molar-refractivity contribution in [3.05, 3.63) is 93.6 Å². The highest BCUT2D eigenvalue weighted by Crippen LogP contribution is 2.69. The van der Waals surface area contributed by atoms with E-state index in [2.05, 4.69) is 82.3 Å². The van der Waals surface area contributed by atoms with E-state index in [9.17, 15) is 0 Å². The molecule has 0 aromatic heterocycles. The van der Waals surface area contributed by atoms with Gasteiger partial charge >= 0.3 is 0 Å². The second kappa shape index (κ2) is 11.2. The van der Waals surface area contributed by atoms with Crippen LogP contribution in [0.3, 0.4) is 0 Å². The van der Waals surface area contributed by atoms with Gasteiger partial charge in [0.2, 0.25) is 0 Å². The van der Waals surface area contributed by atoms with E-state index in [1.54, 1.807) is 44.5 Å². The van der Waals surface area contributed by atoms with Gasteiger partial charge in [-0.3, -0.25) is 0 Å². The van der Waals surface area contributed by atoms with Gasteiger partial charge in [0, 0.05) is 11.3 Å². The molecule has 8 saturated carbocycles. The Balaban J connectivity index is 1.03. The monoisotopic (exact) mass is 703 g/mol. The van der Waals surface area contributed by atoms with Crippen LogP contribution in [-0.2, 0) is 10.8 Å². The molecule has 8 bridgehead atoms. The van der Waals surface area contributed by atoms with E-state index >= 15 is 0 Å². The largest absolute Gasteiger partial charge is 0.0885 e. The van der Waals surface area contributed by atoms with E-state index in [-0.39, 0.29) is 10.8 Å². The van der Waals surface area contributed by atoms with Gasteiger partial charge in [-0.15, -0.1) is 0 Å². The molecule has 3 atom stereocenters. The zero-order valence-electron chi connectivity index (χ0n) is 33.6. The van der Waals surface area contributed by atoms with E-state index in [0.29, 0.717) is 16.7 Å². The van der Waals surface area contributed by atoms with Crippen molar-refractivity contribution in [2.45, 2.75) is 160 Å².